The van der Waals surface area contributed by atoms with Crippen LogP contribution >= 0.6 is 0 Å². The van der Waals surface area contributed by atoms with Gasteiger partial charge in [0.15, 0.2) is 0 Å². The maximum Gasteiger partial charge on any atom is 0.405 e. The zero-order valence-corrected chi connectivity index (χ0v) is 11.2. The highest BCUT2D eigenvalue weighted by Gasteiger charge is 2.28. The molecule has 5 nitrogen and oxygen atoms in total. The molecule has 3 rings (SSSR count). The van der Waals surface area contributed by atoms with Gasteiger partial charge in [0.1, 0.15) is 17.9 Å². The highest BCUT2D eigenvalue weighted by atomic mass is 19.4. The Balaban J connectivity index is 0.00000144. The van der Waals surface area contributed by atoms with Crippen molar-refractivity contribution < 1.29 is 20.8 Å². The Morgan fingerprint density at radius 1 is 1.32 bits per heavy atom. The molecule has 0 aliphatic rings. The third kappa shape index (κ3) is 2.80. The summed E-state index contributed by atoms with van der Waals surface area (Å²) >= 11 is 0. The van der Waals surface area contributed by atoms with Gasteiger partial charge in [0.25, 0.3) is 5.91 Å². The Kier molecular flexibility index (Phi) is 3.36. The van der Waals surface area contributed by atoms with Gasteiger partial charge < -0.3 is 15.3 Å². The minimum atomic E-state index is -4.44. The van der Waals surface area contributed by atoms with E-state index in [1.54, 1.807) is 24.7 Å². The predicted molar refractivity (Wildman–Crippen MR) is 78.5 cm³/mol. The molecule has 22 heavy (non-hydrogen) atoms. The van der Waals surface area contributed by atoms with Crippen LogP contribution in [-0.2, 0) is 0 Å². The van der Waals surface area contributed by atoms with Gasteiger partial charge in [-0.1, -0.05) is 0 Å². The number of fused-ring (bicyclic) bond motifs is 1. The Morgan fingerprint density at radius 3 is 2.91 bits per heavy atom. The lowest BCUT2D eigenvalue weighted by atomic mass is 10.1. The average Bonchev–Trinajstić information content (AvgIpc) is 3.12. The van der Waals surface area contributed by atoms with Crippen LogP contribution in [0.25, 0.3) is 22.2 Å². The summed E-state index contributed by atoms with van der Waals surface area (Å²) in [6, 6.07) is 5.12. The molecule has 0 aromatic carbocycles. The summed E-state index contributed by atoms with van der Waals surface area (Å²) in [4.78, 5) is 21.5. The third-order valence-corrected chi connectivity index (χ3v) is 3.15. The van der Waals surface area contributed by atoms with E-state index in [2.05, 4.69) is 15.0 Å². The van der Waals surface area contributed by atoms with E-state index in [0.29, 0.717) is 11.2 Å². The maximum atomic E-state index is 12.1. The number of pyridine rings is 1. The molecular weight excluding hydrogens is 297 g/mol. The zero-order chi connectivity index (χ0) is 15.7. The molecule has 0 aliphatic heterocycles. The highest BCUT2D eigenvalue weighted by Crippen LogP contribution is 2.27. The lowest BCUT2D eigenvalue weighted by Crippen LogP contribution is -2.33. The second-order valence-electron chi connectivity index (χ2n) is 4.70. The first-order valence-electron chi connectivity index (χ1n) is 6.40. The fourth-order valence-electron chi connectivity index (χ4n) is 2.17. The summed E-state index contributed by atoms with van der Waals surface area (Å²) in [5.41, 5.74) is 2.29. The van der Waals surface area contributed by atoms with Gasteiger partial charge in [-0.3, -0.25) is 4.79 Å². The first-order valence-corrected chi connectivity index (χ1v) is 6.40. The van der Waals surface area contributed by atoms with Crippen LogP contribution in [0.3, 0.4) is 0 Å². The largest absolute Gasteiger partial charge is 0.405 e. The number of aromatic nitrogens is 3. The molecule has 0 saturated carbocycles. The lowest BCUT2D eigenvalue weighted by molar-refractivity contribution is -0.123. The molecule has 1 amide bonds. The fourth-order valence-corrected chi connectivity index (χ4v) is 2.17. The highest BCUT2D eigenvalue weighted by molar-refractivity contribution is 5.97. The quantitative estimate of drug-likeness (QED) is 0.694. The number of hydrogen-bond donors (Lipinski definition) is 3. The van der Waals surface area contributed by atoms with Gasteiger partial charge in [0, 0.05) is 32.4 Å². The van der Waals surface area contributed by atoms with Crippen LogP contribution in [0.5, 0.6) is 0 Å². The summed E-state index contributed by atoms with van der Waals surface area (Å²) in [5.74, 6) is -0.803. The number of nitrogens with one attached hydrogen (secondary N) is 3. The van der Waals surface area contributed by atoms with Gasteiger partial charge in [-0.2, -0.15) is 13.2 Å². The van der Waals surface area contributed by atoms with E-state index in [4.69, 9.17) is 0 Å². The monoisotopic (exact) mass is 312 g/mol. The normalized spacial score (nSPS) is 11.8. The van der Waals surface area contributed by atoms with Crippen LogP contribution in [0, 0.1) is 0 Å². The summed E-state index contributed by atoms with van der Waals surface area (Å²) < 4.78 is 36.3. The molecule has 0 saturated heterocycles. The summed E-state index contributed by atoms with van der Waals surface area (Å²) in [6.07, 6.45) is 0.493. The minimum absolute atomic E-state index is 0. The Bertz CT molecular complexity index is 829. The summed E-state index contributed by atoms with van der Waals surface area (Å²) in [7, 11) is 0. The summed E-state index contributed by atoms with van der Waals surface area (Å²) in [6.45, 7) is -1.36. The maximum absolute atomic E-state index is 12.1. The van der Waals surface area contributed by atoms with Crippen molar-refractivity contribution in [2.24, 2.45) is 0 Å². The molecule has 0 radical (unpaired) electrons. The zero-order valence-electron chi connectivity index (χ0n) is 11.2. The standard InChI is InChI=1S/C14H11F3N4O.2H2/c15-14(16,17)7-21-13(22)11-5-8(6-20-11)9-1-3-18-12-10(9)2-4-19-12;;/h1-6,20H,7H2,(H,18,19)(H,21,22);2*1H. The minimum Gasteiger partial charge on any atom is -0.357 e. The Hall–Kier alpha value is -2.77. The number of amides is 1. The van der Waals surface area contributed by atoms with E-state index < -0.39 is 18.6 Å². The van der Waals surface area contributed by atoms with E-state index in [-0.39, 0.29) is 8.55 Å². The van der Waals surface area contributed by atoms with Crippen LogP contribution in [0.2, 0.25) is 0 Å². The van der Waals surface area contributed by atoms with Crippen molar-refractivity contribution in [3.63, 3.8) is 0 Å². The number of H-pyrrole nitrogens is 2. The van der Waals surface area contributed by atoms with Crippen LogP contribution in [0.15, 0.2) is 36.8 Å². The number of halogens is 3. The van der Waals surface area contributed by atoms with E-state index in [1.807, 2.05) is 11.4 Å². The van der Waals surface area contributed by atoms with Crippen LogP contribution < -0.4 is 5.32 Å². The van der Waals surface area contributed by atoms with Crippen molar-refractivity contribution in [1.82, 2.24) is 20.3 Å². The number of carbonyl (C=O) groups excluding carboxylic acids is 1. The molecule has 8 heteroatoms. The van der Waals surface area contributed by atoms with Crippen molar-refractivity contribution in [1.29, 1.82) is 0 Å². The van der Waals surface area contributed by atoms with E-state index >= 15 is 0 Å². The van der Waals surface area contributed by atoms with Crippen molar-refractivity contribution >= 4 is 16.9 Å². The molecule has 0 unspecified atom stereocenters. The van der Waals surface area contributed by atoms with Crippen LogP contribution in [0.1, 0.15) is 13.3 Å². The second kappa shape index (κ2) is 5.21. The van der Waals surface area contributed by atoms with Crippen molar-refractivity contribution in [2.45, 2.75) is 6.18 Å². The molecule has 0 spiro atoms. The van der Waals surface area contributed by atoms with Gasteiger partial charge in [0.2, 0.25) is 0 Å². The number of aromatic amines is 2. The average molecular weight is 312 g/mol. The second-order valence-corrected chi connectivity index (χ2v) is 4.70. The smallest absolute Gasteiger partial charge is 0.357 e. The number of nitrogens with zero attached hydrogens (tertiary/aromatic N) is 1. The van der Waals surface area contributed by atoms with E-state index in [0.717, 1.165) is 10.9 Å². The third-order valence-electron chi connectivity index (χ3n) is 3.15. The SMILES string of the molecule is O=C(NCC(F)(F)F)c1cc(-c2ccnc3[nH]ccc23)c[nH]1.[HH].[HH]. The molecule has 3 aromatic rings. The molecule has 0 fully saturated rings. The molecule has 118 valence electrons. The number of alkyl halides is 3. The molecule has 3 aromatic heterocycles. The first kappa shape index (κ1) is 14.2. The molecule has 0 aliphatic carbocycles. The van der Waals surface area contributed by atoms with Gasteiger partial charge in [-0.05, 0) is 23.8 Å². The van der Waals surface area contributed by atoms with Crippen LogP contribution in [-0.4, -0.2) is 33.6 Å². The molecule has 3 N–H and O–H groups in total. The van der Waals surface area contributed by atoms with Crippen molar-refractivity contribution in [3.8, 4) is 11.1 Å². The summed E-state index contributed by atoms with van der Waals surface area (Å²) in [5, 5.41) is 2.69. The van der Waals surface area contributed by atoms with Gasteiger partial charge in [-0.15, -0.1) is 0 Å². The molecular formula is C14H15F3N4O. The Morgan fingerprint density at radius 2 is 2.14 bits per heavy atom. The topological polar surface area (TPSA) is 73.6 Å². The van der Waals surface area contributed by atoms with Gasteiger partial charge >= 0.3 is 6.18 Å². The fraction of sp³-hybridized carbons (Fsp3) is 0.143. The van der Waals surface area contributed by atoms with Crippen LogP contribution in [0.4, 0.5) is 13.2 Å². The number of hydrogen-bond acceptors (Lipinski definition) is 2. The Labute approximate surface area is 125 Å². The van der Waals surface area contributed by atoms with Crippen molar-refractivity contribution in [2.75, 3.05) is 6.54 Å². The van der Waals surface area contributed by atoms with E-state index in [9.17, 15) is 18.0 Å². The molecule has 0 bridgehead atoms. The van der Waals surface area contributed by atoms with Gasteiger partial charge in [-0.25, -0.2) is 4.98 Å². The molecule has 0 atom stereocenters. The van der Waals surface area contributed by atoms with E-state index in [1.165, 1.54) is 6.07 Å². The van der Waals surface area contributed by atoms with Gasteiger partial charge in [0.05, 0.1) is 0 Å². The van der Waals surface area contributed by atoms with Crippen molar-refractivity contribution in [3.05, 3.63) is 42.5 Å². The number of rotatable bonds is 3. The molecule has 3 heterocycles. The first-order chi connectivity index (χ1) is 10.4. The lowest BCUT2D eigenvalue weighted by Gasteiger charge is -2.06. The number of carbonyl (C=O) groups is 1. The predicted octanol–water partition coefficient (Wildman–Crippen LogP) is 3.34.